The number of aliphatic imine (C=N–C) groups is 1. The van der Waals surface area contributed by atoms with Gasteiger partial charge in [0.25, 0.3) is 0 Å². The molecule has 0 spiro atoms. The van der Waals surface area contributed by atoms with Gasteiger partial charge in [-0.25, -0.2) is 0 Å². The smallest absolute Gasteiger partial charge is 0.131 e. The number of hydrogen-bond donors (Lipinski definition) is 1. The van der Waals surface area contributed by atoms with Crippen LogP contribution in [0.5, 0.6) is 0 Å². The number of halogens is 1. The first kappa shape index (κ1) is 8.29. The summed E-state index contributed by atoms with van der Waals surface area (Å²) in [6, 6.07) is 0. The van der Waals surface area contributed by atoms with Crippen molar-refractivity contribution in [3.05, 3.63) is 0 Å². The van der Waals surface area contributed by atoms with Crippen molar-refractivity contribution in [3.63, 3.8) is 0 Å². The quantitative estimate of drug-likeness (QED) is 0.538. The van der Waals surface area contributed by atoms with E-state index in [4.69, 9.17) is 0 Å². The van der Waals surface area contributed by atoms with Crippen molar-refractivity contribution in [1.29, 1.82) is 0 Å². The number of amidine groups is 1. The number of nitrogens with zero attached hydrogens (tertiary/aromatic N) is 1. The van der Waals surface area contributed by atoms with Gasteiger partial charge in [0.05, 0.1) is 6.54 Å². The van der Waals surface area contributed by atoms with Crippen LogP contribution in [0.15, 0.2) is 4.99 Å². The average Bonchev–Trinajstić information content (AvgIpc) is 2.14. The van der Waals surface area contributed by atoms with E-state index in [1.165, 1.54) is 0 Å². The summed E-state index contributed by atoms with van der Waals surface area (Å²) in [4.78, 5) is 4.00. The molecule has 0 atom stereocenters. The minimum absolute atomic E-state index is 0. The summed E-state index contributed by atoms with van der Waals surface area (Å²) in [5, 5.41) is 4.56. The first-order chi connectivity index (χ1) is 3.43. The molecule has 4 heteroatoms. The lowest BCUT2D eigenvalue weighted by Crippen LogP contribution is -2.18. The molecule has 1 heterocycles. The molecule has 1 N–H and O–H groups in total. The minimum atomic E-state index is 0. The largest absolute Gasteiger partial charge is 0.368 e. The fourth-order valence-electron chi connectivity index (χ4n) is 0.495. The van der Waals surface area contributed by atoms with Crippen LogP contribution in [0, 0.1) is 0 Å². The molecule has 0 aromatic carbocycles. The lowest BCUT2D eigenvalue weighted by atomic mass is 10.7. The fourth-order valence-corrected chi connectivity index (χ4v) is 0.653. The molecule has 0 saturated carbocycles. The Balaban J connectivity index is 0.000000490. The van der Waals surface area contributed by atoms with Crippen LogP contribution in [0.4, 0.5) is 0 Å². The summed E-state index contributed by atoms with van der Waals surface area (Å²) < 4.78 is 0. The molecular weight excluding hydrogens is 235 g/mol. The monoisotopic (exact) mass is 242 g/mol. The SMILES string of the molecule is I.S=CC1=NCCN1. The zero-order chi connectivity index (χ0) is 5.11. The second-order valence-electron chi connectivity index (χ2n) is 1.31. The van der Waals surface area contributed by atoms with Gasteiger partial charge in [0.2, 0.25) is 0 Å². The molecular formula is C4H7IN2S. The highest BCUT2D eigenvalue weighted by Gasteiger charge is 1.97. The maximum Gasteiger partial charge on any atom is 0.131 e. The van der Waals surface area contributed by atoms with Gasteiger partial charge in [0, 0.05) is 11.9 Å². The van der Waals surface area contributed by atoms with Gasteiger partial charge in [-0.05, 0) is 0 Å². The van der Waals surface area contributed by atoms with E-state index in [0.717, 1.165) is 18.9 Å². The third-order valence-corrected chi connectivity index (χ3v) is 1.03. The van der Waals surface area contributed by atoms with Gasteiger partial charge >= 0.3 is 0 Å². The third kappa shape index (κ3) is 2.04. The standard InChI is InChI=1S/C4H6N2S.HI/c7-3-4-5-1-2-6-4;/h3H,1-2H2,(H,5,6);1H. The number of nitrogens with one attached hydrogen (secondary N) is 1. The maximum atomic E-state index is 4.59. The van der Waals surface area contributed by atoms with Crippen LogP contribution in [0.3, 0.4) is 0 Å². The summed E-state index contributed by atoms with van der Waals surface area (Å²) >= 11 is 4.59. The zero-order valence-electron chi connectivity index (χ0n) is 4.26. The molecule has 1 aliphatic heterocycles. The van der Waals surface area contributed by atoms with E-state index >= 15 is 0 Å². The van der Waals surface area contributed by atoms with Crippen LogP contribution >= 0.6 is 36.2 Å². The second kappa shape index (κ2) is 4.20. The van der Waals surface area contributed by atoms with Crippen molar-refractivity contribution >= 4 is 47.4 Å². The van der Waals surface area contributed by atoms with Crippen molar-refractivity contribution in [2.24, 2.45) is 4.99 Å². The molecule has 0 saturated heterocycles. The van der Waals surface area contributed by atoms with Gasteiger partial charge in [-0.15, -0.1) is 24.0 Å². The highest BCUT2D eigenvalue weighted by Crippen LogP contribution is 1.79. The molecule has 0 unspecified atom stereocenters. The van der Waals surface area contributed by atoms with Crippen LogP contribution in [0.25, 0.3) is 0 Å². The Bertz CT molecular complexity index is 113. The van der Waals surface area contributed by atoms with Gasteiger partial charge in [0.1, 0.15) is 5.84 Å². The molecule has 1 aliphatic rings. The van der Waals surface area contributed by atoms with Gasteiger partial charge in [0.15, 0.2) is 0 Å². The normalized spacial score (nSPS) is 15.8. The Morgan fingerprint density at radius 1 is 1.75 bits per heavy atom. The summed E-state index contributed by atoms with van der Waals surface area (Å²) in [6.45, 7) is 1.82. The van der Waals surface area contributed by atoms with E-state index in [-0.39, 0.29) is 24.0 Å². The highest BCUT2D eigenvalue weighted by molar-refractivity contribution is 14.0. The fraction of sp³-hybridized carbons (Fsp3) is 0.500. The van der Waals surface area contributed by atoms with Crippen LogP contribution in [0.2, 0.25) is 0 Å². The van der Waals surface area contributed by atoms with Crippen LogP contribution in [0.1, 0.15) is 0 Å². The molecule has 0 aromatic rings. The van der Waals surface area contributed by atoms with E-state index in [0.29, 0.717) is 0 Å². The third-order valence-electron chi connectivity index (χ3n) is 0.812. The van der Waals surface area contributed by atoms with E-state index in [1.54, 1.807) is 5.37 Å². The lowest BCUT2D eigenvalue weighted by molar-refractivity contribution is 0.963. The van der Waals surface area contributed by atoms with Gasteiger partial charge in [-0.2, -0.15) is 0 Å². The summed E-state index contributed by atoms with van der Waals surface area (Å²) in [6.07, 6.45) is 0. The van der Waals surface area contributed by atoms with Crippen LogP contribution in [-0.4, -0.2) is 24.3 Å². The van der Waals surface area contributed by atoms with E-state index in [1.807, 2.05) is 0 Å². The Morgan fingerprint density at radius 3 is 2.75 bits per heavy atom. The predicted octanol–water partition coefficient (Wildman–Crippen LogP) is 0.606. The summed E-state index contributed by atoms with van der Waals surface area (Å²) in [7, 11) is 0. The highest BCUT2D eigenvalue weighted by atomic mass is 127. The topological polar surface area (TPSA) is 24.4 Å². The van der Waals surface area contributed by atoms with E-state index in [9.17, 15) is 0 Å². The first-order valence-corrected chi connectivity index (χ1v) is 2.64. The van der Waals surface area contributed by atoms with Crippen molar-refractivity contribution in [2.75, 3.05) is 13.1 Å². The van der Waals surface area contributed by atoms with Crippen molar-refractivity contribution in [2.45, 2.75) is 0 Å². The van der Waals surface area contributed by atoms with Crippen molar-refractivity contribution in [3.8, 4) is 0 Å². The molecule has 0 aromatic heterocycles. The molecule has 0 amide bonds. The molecule has 46 valence electrons. The van der Waals surface area contributed by atoms with Crippen LogP contribution < -0.4 is 5.32 Å². The molecule has 0 fully saturated rings. The number of rotatable bonds is 1. The van der Waals surface area contributed by atoms with Crippen LogP contribution in [-0.2, 0) is 0 Å². The maximum absolute atomic E-state index is 4.59. The average molecular weight is 242 g/mol. The second-order valence-corrected chi connectivity index (χ2v) is 1.55. The van der Waals surface area contributed by atoms with Gasteiger partial charge < -0.3 is 5.32 Å². The van der Waals surface area contributed by atoms with E-state index in [2.05, 4.69) is 22.5 Å². The Morgan fingerprint density at radius 2 is 2.50 bits per heavy atom. The summed E-state index contributed by atoms with van der Waals surface area (Å²) in [5.41, 5.74) is 0. The Hall–Kier alpha value is 0.290. The molecule has 2 nitrogen and oxygen atoms in total. The zero-order valence-corrected chi connectivity index (χ0v) is 7.40. The predicted molar refractivity (Wildman–Crippen MR) is 49.4 cm³/mol. The number of thiocarbonyl (C=S) groups is 1. The van der Waals surface area contributed by atoms with Crippen molar-refractivity contribution in [1.82, 2.24) is 5.32 Å². The minimum Gasteiger partial charge on any atom is -0.368 e. The summed E-state index contributed by atoms with van der Waals surface area (Å²) in [5.74, 6) is 0.856. The lowest BCUT2D eigenvalue weighted by Gasteiger charge is -1.86. The Kier molecular flexibility index (Phi) is 4.35. The van der Waals surface area contributed by atoms with Gasteiger partial charge in [-0.3, -0.25) is 4.99 Å². The molecule has 0 aliphatic carbocycles. The van der Waals surface area contributed by atoms with E-state index < -0.39 is 0 Å². The molecule has 1 rings (SSSR count). The Labute approximate surface area is 70.8 Å². The molecule has 0 radical (unpaired) electrons. The first-order valence-electron chi connectivity index (χ1n) is 2.17. The number of hydrogen-bond acceptors (Lipinski definition) is 3. The molecule has 0 bridgehead atoms. The molecule has 8 heavy (non-hydrogen) atoms. The van der Waals surface area contributed by atoms with Crippen molar-refractivity contribution < 1.29 is 0 Å². The van der Waals surface area contributed by atoms with Gasteiger partial charge in [-0.1, -0.05) is 12.2 Å².